The van der Waals surface area contributed by atoms with E-state index in [4.69, 9.17) is 0 Å². The molecule has 1 aromatic carbocycles. The third kappa shape index (κ3) is 4.14. The minimum atomic E-state index is -0.128. The van der Waals surface area contributed by atoms with Gasteiger partial charge in [-0.1, -0.05) is 38.1 Å². The van der Waals surface area contributed by atoms with Crippen molar-refractivity contribution in [3.63, 3.8) is 0 Å². The summed E-state index contributed by atoms with van der Waals surface area (Å²) in [5.41, 5.74) is 3.48. The Kier molecular flexibility index (Phi) is 6.06. The van der Waals surface area contributed by atoms with Crippen molar-refractivity contribution in [1.82, 2.24) is 20.0 Å². The van der Waals surface area contributed by atoms with Crippen molar-refractivity contribution in [1.29, 1.82) is 0 Å². The zero-order valence-corrected chi connectivity index (χ0v) is 16.0. The Morgan fingerprint density at radius 2 is 1.96 bits per heavy atom. The number of nitrogens with one attached hydrogen (secondary N) is 1. The van der Waals surface area contributed by atoms with Crippen LogP contribution >= 0.6 is 0 Å². The fourth-order valence-electron chi connectivity index (χ4n) is 3.48. The van der Waals surface area contributed by atoms with Crippen LogP contribution in [0.2, 0.25) is 0 Å². The summed E-state index contributed by atoms with van der Waals surface area (Å²) in [4.78, 5) is 16.9. The lowest BCUT2D eigenvalue weighted by Gasteiger charge is -2.21. The van der Waals surface area contributed by atoms with Gasteiger partial charge in [-0.2, -0.15) is 5.10 Å². The molecule has 1 N–H and O–H groups in total. The van der Waals surface area contributed by atoms with Crippen molar-refractivity contribution in [3.8, 4) is 0 Å². The summed E-state index contributed by atoms with van der Waals surface area (Å²) in [6.45, 7) is 8.87. The van der Waals surface area contributed by atoms with E-state index in [9.17, 15) is 4.79 Å². The summed E-state index contributed by atoms with van der Waals surface area (Å²) >= 11 is 0. The predicted molar refractivity (Wildman–Crippen MR) is 104 cm³/mol. The van der Waals surface area contributed by atoms with Crippen LogP contribution in [-0.4, -0.2) is 46.3 Å². The van der Waals surface area contributed by atoms with Crippen LogP contribution < -0.4 is 10.2 Å². The van der Waals surface area contributed by atoms with Crippen molar-refractivity contribution in [3.05, 3.63) is 47.8 Å². The Hall–Kier alpha value is -2.18. The Labute approximate surface area is 155 Å². The number of hydrogen-bond acceptors (Lipinski definition) is 4. The maximum absolute atomic E-state index is 12.7. The molecule has 1 aliphatic rings. The molecule has 1 saturated heterocycles. The van der Waals surface area contributed by atoms with Crippen LogP contribution in [0.15, 0.2) is 36.7 Å². The number of nitrogens with zero attached hydrogens (tertiary/aromatic N) is 4. The van der Waals surface area contributed by atoms with E-state index >= 15 is 0 Å². The highest BCUT2D eigenvalue weighted by atomic mass is 16.2. The number of hydrogen-bond donors (Lipinski definition) is 1. The average molecular weight is 355 g/mol. The minimum absolute atomic E-state index is 0.128. The smallest absolute Gasteiger partial charge is 0.244 e. The van der Waals surface area contributed by atoms with Gasteiger partial charge >= 0.3 is 0 Å². The first-order valence-electron chi connectivity index (χ1n) is 9.45. The van der Waals surface area contributed by atoms with Gasteiger partial charge in [0, 0.05) is 32.9 Å². The number of aromatic nitrogens is 2. The topological polar surface area (TPSA) is 53.4 Å². The van der Waals surface area contributed by atoms with E-state index in [0.717, 1.165) is 38.3 Å². The molecule has 1 atom stereocenters. The van der Waals surface area contributed by atoms with Gasteiger partial charge in [0.05, 0.1) is 17.9 Å². The van der Waals surface area contributed by atoms with Gasteiger partial charge in [0.25, 0.3) is 0 Å². The lowest BCUT2D eigenvalue weighted by molar-refractivity contribution is -0.118. The van der Waals surface area contributed by atoms with Gasteiger partial charge in [0.15, 0.2) is 0 Å². The maximum atomic E-state index is 12.7. The van der Waals surface area contributed by atoms with Crippen LogP contribution in [0.25, 0.3) is 0 Å². The molecule has 6 heteroatoms. The Morgan fingerprint density at radius 1 is 1.23 bits per heavy atom. The molecule has 0 saturated carbocycles. The summed E-state index contributed by atoms with van der Waals surface area (Å²) in [6.07, 6.45) is 4.46. The molecule has 3 rings (SSSR count). The van der Waals surface area contributed by atoms with Gasteiger partial charge in [-0.15, -0.1) is 0 Å². The first kappa shape index (κ1) is 18.6. The second kappa shape index (κ2) is 8.47. The summed E-state index contributed by atoms with van der Waals surface area (Å²) < 4.78 is 1.73. The molecule has 2 heterocycles. The monoisotopic (exact) mass is 355 g/mol. The largest absolute Gasteiger partial charge is 0.308 e. The van der Waals surface area contributed by atoms with Crippen molar-refractivity contribution in [2.45, 2.75) is 39.4 Å². The highest BCUT2D eigenvalue weighted by Crippen LogP contribution is 2.21. The van der Waals surface area contributed by atoms with Crippen LogP contribution in [-0.2, 0) is 24.9 Å². The SMILES string of the molecule is CCN(CC)Cc1ccccc1CNC1CCN(c2cnn(C)c2)C1=O. The van der Waals surface area contributed by atoms with Crippen LogP contribution in [0, 0.1) is 0 Å². The van der Waals surface area contributed by atoms with Gasteiger partial charge in [0.1, 0.15) is 0 Å². The summed E-state index contributed by atoms with van der Waals surface area (Å²) in [5, 5.41) is 7.63. The van der Waals surface area contributed by atoms with Gasteiger partial charge in [-0.05, 0) is 30.6 Å². The minimum Gasteiger partial charge on any atom is -0.308 e. The van der Waals surface area contributed by atoms with Crippen LogP contribution in [0.5, 0.6) is 0 Å². The number of rotatable bonds is 8. The molecule has 1 aromatic heterocycles. The first-order valence-corrected chi connectivity index (χ1v) is 9.45. The number of aryl methyl sites for hydroxylation is 1. The molecule has 1 aliphatic heterocycles. The van der Waals surface area contributed by atoms with E-state index in [1.165, 1.54) is 11.1 Å². The number of carbonyl (C=O) groups excluding carboxylic acids is 1. The molecule has 0 spiro atoms. The predicted octanol–water partition coefficient (Wildman–Crippen LogP) is 2.16. The van der Waals surface area contributed by atoms with E-state index < -0.39 is 0 Å². The zero-order valence-electron chi connectivity index (χ0n) is 16.0. The highest BCUT2D eigenvalue weighted by molar-refractivity contribution is 5.99. The van der Waals surface area contributed by atoms with E-state index in [1.807, 2.05) is 18.1 Å². The van der Waals surface area contributed by atoms with Crippen LogP contribution in [0.4, 0.5) is 5.69 Å². The molecular formula is C20H29N5O. The third-order valence-electron chi connectivity index (χ3n) is 5.15. The third-order valence-corrected chi connectivity index (χ3v) is 5.15. The van der Waals surface area contributed by atoms with E-state index in [-0.39, 0.29) is 11.9 Å². The Morgan fingerprint density at radius 3 is 2.62 bits per heavy atom. The van der Waals surface area contributed by atoms with Crippen molar-refractivity contribution in [2.24, 2.45) is 7.05 Å². The molecule has 26 heavy (non-hydrogen) atoms. The highest BCUT2D eigenvalue weighted by Gasteiger charge is 2.32. The standard InChI is InChI=1S/C20H29N5O/c1-4-24(5-2)14-17-9-7-6-8-16(17)12-21-19-10-11-25(20(19)26)18-13-22-23(3)15-18/h6-9,13,15,19,21H,4-5,10-12,14H2,1-3H3. The second-order valence-electron chi connectivity index (χ2n) is 6.81. The van der Waals surface area contributed by atoms with E-state index in [2.05, 4.69) is 53.4 Å². The molecule has 2 aromatic rings. The van der Waals surface area contributed by atoms with Gasteiger partial charge in [0.2, 0.25) is 5.91 Å². The molecule has 1 amide bonds. The van der Waals surface area contributed by atoms with Crippen molar-refractivity contribution >= 4 is 11.6 Å². The van der Waals surface area contributed by atoms with Crippen LogP contribution in [0.1, 0.15) is 31.4 Å². The zero-order chi connectivity index (χ0) is 18.5. The second-order valence-corrected chi connectivity index (χ2v) is 6.81. The quantitative estimate of drug-likeness (QED) is 0.788. The van der Waals surface area contributed by atoms with Gasteiger partial charge in [-0.3, -0.25) is 14.4 Å². The van der Waals surface area contributed by atoms with Crippen molar-refractivity contribution < 1.29 is 4.79 Å². The normalized spacial score (nSPS) is 17.5. The number of anilines is 1. The Bertz CT molecular complexity index is 737. The van der Waals surface area contributed by atoms with Crippen LogP contribution in [0.3, 0.4) is 0 Å². The molecule has 6 nitrogen and oxygen atoms in total. The lowest BCUT2D eigenvalue weighted by Crippen LogP contribution is -2.38. The van der Waals surface area contributed by atoms with Crippen molar-refractivity contribution in [2.75, 3.05) is 24.5 Å². The fraction of sp³-hybridized carbons (Fsp3) is 0.500. The molecule has 1 fully saturated rings. The average Bonchev–Trinajstić information content (AvgIpc) is 3.24. The summed E-state index contributed by atoms with van der Waals surface area (Å²) in [7, 11) is 1.87. The van der Waals surface area contributed by atoms with Gasteiger partial charge in [-0.25, -0.2) is 0 Å². The summed E-state index contributed by atoms with van der Waals surface area (Å²) in [5.74, 6) is 0.138. The van der Waals surface area contributed by atoms with Gasteiger partial charge < -0.3 is 10.2 Å². The molecule has 1 unspecified atom stereocenters. The lowest BCUT2D eigenvalue weighted by atomic mass is 10.1. The Balaban J connectivity index is 1.62. The first-order chi connectivity index (χ1) is 12.6. The van der Waals surface area contributed by atoms with E-state index in [0.29, 0.717) is 6.54 Å². The summed E-state index contributed by atoms with van der Waals surface area (Å²) in [6, 6.07) is 8.38. The molecule has 140 valence electrons. The maximum Gasteiger partial charge on any atom is 0.244 e. The molecular weight excluding hydrogens is 326 g/mol. The molecule has 0 radical (unpaired) electrons. The fourth-order valence-corrected chi connectivity index (χ4v) is 3.48. The number of carbonyl (C=O) groups is 1. The van der Waals surface area contributed by atoms with E-state index in [1.54, 1.807) is 10.9 Å². The molecule has 0 bridgehead atoms. The number of benzene rings is 1. The number of amides is 1. The molecule has 0 aliphatic carbocycles.